The Hall–Kier alpha value is -1.27. The molecule has 0 fully saturated rings. The van der Waals surface area contributed by atoms with Gasteiger partial charge < -0.3 is 10.1 Å². The van der Waals surface area contributed by atoms with Crippen molar-refractivity contribution in [1.29, 1.82) is 0 Å². The van der Waals surface area contributed by atoms with Crippen LogP contribution in [0.4, 0.5) is 0 Å². The number of halogens is 1. The number of ether oxygens (including phenoxy) is 1. The van der Waals surface area contributed by atoms with Crippen molar-refractivity contribution in [3.8, 4) is 5.75 Å². The van der Waals surface area contributed by atoms with Crippen LogP contribution in [0.1, 0.15) is 44.0 Å². The third kappa shape index (κ3) is 4.89. The first-order valence-electron chi connectivity index (χ1n) is 6.56. The molecular weight excluding hydrogens is 314 g/mol. The number of benzene rings is 1. The first kappa shape index (κ1) is 17.8. The maximum Gasteiger partial charge on any atom is 0.265 e. The minimum absolute atomic E-state index is 0.106. The normalized spacial score (nSPS) is 12.0. The highest BCUT2D eigenvalue weighted by atomic mass is 35.7. The lowest BCUT2D eigenvalue weighted by molar-refractivity contribution is 0.0908. The molecule has 1 rings (SSSR count). The smallest absolute Gasteiger partial charge is 0.265 e. The van der Waals surface area contributed by atoms with Crippen molar-refractivity contribution >= 4 is 25.6 Å². The van der Waals surface area contributed by atoms with E-state index in [0.717, 1.165) is 12.8 Å². The molecule has 0 aliphatic carbocycles. The Morgan fingerprint density at radius 2 is 2.00 bits per heavy atom. The minimum Gasteiger partial charge on any atom is -0.495 e. The summed E-state index contributed by atoms with van der Waals surface area (Å²) in [4.78, 5) is 12.0. The second kappa shape index (κ2) is 6.66. The van der Waals surface area contributed by atoms with Gasteiger partial charge in [0.1, 0.15) is 10.6 Å². The van der Waals surface area contributed by atoms with Crippen LogP contribution in [-0.2, 0) is 9.05 Å². The first-order chi connectivity index (χ1) is 9.60. The Bertz CT molecular complexity index is 626. The predicted octanol–water partition coefficient (Wildman–Crippen LogP) is 2.93. The highest BCUT2D eigenvalue weighted by Crippen LogP contribution is 2.28. The molecule has 1 aromatic rings. The SMILES string of the molecule is CCCC(C)(C)NC(=O)c1ccc(OC)c(S(=O)(=O)Cl)c1. The summed E-state index contributed by atoms with van der Waals surface area (Å²) in [5, 5.41) is 2.87. The van der Waals surface area contributed by atoms with Gasteiger partial charge in [0.2, 0.25) is 0 Å². The number of carbonyl (C=O) groups excluding carboxylic acids is 1. The van der Waals surface area contributed by atoms with Crippen LogP contribution in [0.15, 0.2) is 23.1 Å². The molecule has 0 aliphatic rings. The Kier molecular flexibility index (Phi) is 5.64. The van der Waals surface area contributed by atoms with Crippen LogP contribution in [0.5, 0.6) is 5.75 Å². The summed E-state index contributed by atoms with van der Waals surface area (Å²) in [7, 11) is 2.71. The van der Waals surface area contributed by atoms with Gasteiger partial charge in [0.05, 0.1) is 7.11 Å². The van der Waals surface area contributed by atoms with Gasteiger partial charge in [-0.05, 0) is 38.5 Å². The van der Waals surface area contributed by atoms with Crippen molar-refractivity contribution in [3.63, 3.8) is 0 Å². The molecule has 0 aromatic heterocycles. The second-order valence-corrected chi connectivity index (χ2v) is 7.93. The second-order valence-electron chi connectivity index (χ2n) is 5.39. The third-order valence-electron chi connectivity index (χ3n) is 3.02. The molecule has 7 heteroatoms. The van der Waals surface area contributed by atoms with Crippen molar-refractivity contribution in [2.45, 2.75) is 44.0 Å². The van der Waals surface area contributed by atoms with Crippen LogP contribution in [0, 0.1) is 0 Å². The summed E-state index contributed by atoms with van der Waals surface area (Å²) in [6.07, 6.45) is 1.74. The van der Waals surface area contributed by atoms with Crippen molar-refractivity contribution in [1.82, 2.24) is 5.32 Å². The van der Waals surface area contributed by atoms with Gasteiger partial charge in [0.15, 0.2) is 0 Å². The van der Waals surface area contributed by atoms with E-state index in [9.17, 15) is 13.2 Å². The molecular formula is C14H20ClNO4S. The molecule has 1 amide bonds. The van der Waals surface area contributed by atoms with Crippen LogP contribution >= 0.6 is 10.7 Å². The van der Waals surface area contributed by atoms with E-state index in [1.807, 2.05) is 20.8 Å². The fourth-order valence-electron chi connectivity index (χ4n) is 2.08. The van der Waals surface area contributed by atoms with E-state index in [1.54, 1.807) is 0 Å². The van der Waals surface area contributed by atoms with Gasteiger partial charge in [0.25, 0.3) is 15.0 Å². The molecule has 1 aromatic carbocycles. The van der Waals surface area contributed by atoms with Gasteiger partial charge in [-0.1, -0.05) is 13.3 Å². The van der Waals surface area contributed by atoms with Crippen molar-refractivity contribution < 1.29 is 17.9 Å². The molecule has 0 atom stereocenters. The molecule has 21 heavy (non-hydrogen) atoms. The number of nitrogens with one attached hydrogen (secondary N) is 1. The summed E-state index contributed by atoms with van der Waals surface area (Å²) in [5.41, 5.74) is -0.148. The molecule has 5 nitrogen and oxygen atoms in total. The van der Waals surface area contributed by atoms with Crippen LogP contribution in [-0.4, -0.2) is 27.0 Å². The number of rotatable bonds is 6. The average Bonchev–Trinajstić information content (AvgIpc) is 2.36. The summed E-state index contributed by atoms with van der Waals surface area (Å²) in [6.45, 7) is 5.85. The Balaban J connectivity index is 3.13. The zero-order chi connectivity index (χ0) is 16.3. The van der Waals surface area contributed by atoms with Gasteiger partial charge >= 0.3 is 0 Å². The van der Waals surface area contributed by atoms with Crippen LogP contribution in [0.3, 0.4) is 0 Å². The lowest BCUT2D eigenvalue weighted by atomic mass is 9.98. The Labute approximate surface area is 130 Å². The summed E-state index contributed by atoms with van der Waals surface area (Å²) >= 11 is 0. The van der Waals surface area contributed by atoms with Crippen LogP contribution in [0.25, 0.3) is 0 Å². The number of methoxy groups -OCH3 is 1. The molecule has 118 valence electrons. The van der Waals surface area contributed by atoms with E-state index in [1.165, 1.54) is 25.3 Å². The van der Waals surface area contributed by atoms with E-state index in [2.05, 4.69) is 5.32 Å². The van der Waals surface area contributed by atoms with Gasteiger partial charge in [-0.25, -0.2) is 8.42 Å². The Morgan fingerprint density at radius 3 is 2.48 bits per heavy atom. The first-order valence-corrected chi connectivity index (χ1v) is 8.87. The zero-order valence-corrected chi connectivity index (χ0v) is 14.1. The molecule has 0 aliphatic heterocycles. The van der Waals surface area contributed by atoms with E-state index in [-0.39, 0.29) is 27.7 Å². The average molecular weight is 334 g/mol. The summed E-state index contributed by atoms with van der Waals surface area (Å²) in [6, 6.07) is 4.14. The predicted molar refractivity (Wildman–Crippen MR) is 82.5 cm³/mol. The fourth-order valence-corrected chi connectivity index (χ4v) is 3.10. The molecule has 0 spiro atoms. The summed E-state index contributed by atoms with van der Waals surface area (Å²) < 4.78 is 28.0. The number of carbonyl (C=O) groups is 1. The quantitative estimate of drug-likeness (QED) is 0.812. The van der Waals surface area contributed by atoms with Crippen molar-refractivity contribution in [2.24, 2.45) is 0 Å². The molecule has 1 N–H and O–H groups in total. The topological polar surface area (TPSA) is 72.5 Å². The fraction of sp³-hybridized carbons (Fsp3) is 0.500. The zero-order valence-electron chi connectivity index (χ0n) is 12.6. The lowest BCUT2D eigenvalue weighted by Crippen LogP contribution is -2.43. The number of amides is 1. The molecule has 0 saturated heterocycles. The maximum atomic E-state index is 12.2. The van der Waals surface area contributed by atoms with Crippen LogP contribution in [0.2, 0.25) is 0 Å². The Morgan fingerprint density at radius 1 is 1.38 bits per heavy atom. The lowest BCUT2D eigenvalue weighted by Gasteiger charge is -2.25. The molecule has 0 heterocycles. The van der Waals surface area contributed by atoms with Gasteiger partial charge in [-0.15, -0.1) is 0 Å². The largest absolute Gasteiger partial charge is 0.495 e. The minimum atomic E-state index is -3.99. The van der Waals surface area contributed by atoms with Crippen LogP contribution < -0.4 is 10.1 Å². The number of hydrogen-bond donors (Lipinski definition) is 1. The highest BCUT2D eigenvalue weighted by molar-refractivity contribution is 8.13. The standard InChI is InChI=1S/C14H20ClNO4S/c1-5-8-14(2,3)16-13(17)10-6-7-11(20-4)12(9-10)21(15,18)19/h6-7,9H,5,8H2,1-4H3,(H,16,17). The van der Waals surface area contributed by atoms with Crippen molar-refractivity contribution in [3.05, 3.63) is 23.8 Å². The molecule has 0 unspecified atom stereocenters. The monoisotopic (exact) mass is 333 g/mol. The molecule has 0 saturated carbocycles. The molecule has 0 bridgehead atoms. The van der Waals surface area contributed by atoms with Gasteiger partial charge in [-0.3, -0.25) is 4.79 Å². The maximum absolute atomic E-state index is 12.2. The number of hydrogen-bond acceptors (Lipinski definition) is 4. The molecule has 0 radical (unpaired) electrons. The van der Waals surface area contributed by atoms with E-state index < -0.39 is 9.05 Å². The van der Waals surface area contributed by atoms with E-state index in [0.29, 0.717) is 0 Å². The summed E-state index contributed by atoms with van der Waals surface area (Å²) in [5.74, 6) is -0.243. The van der Waals surface area contributed by atoms with Gasteiger partial charge in [0, 0.05) is 21.8 Å². The van der Waals surface area contributed by atoms with E-state index in [4.69, 9.17) is 15.4 Å². The van der Waals surface area contributed by atoms with E-state index >= 15 is 0 Å². The highest BCUT2D eigenvalue weighted by Gasteiger charge is 2.23. The van der Waals surface area contributed by atoms with Crippen molar-refractivity contribution in [2.75, 3.05) is 7.11 Å². The van der Waals surface area contributed by atoms with Gasteiger partial charge in [-0.2, -0.15) is 0 Å². The third-order valence-corrected chi connectivity index (χ3v) is 4.36.